The van der Waals surface area contributed by atoms with Crippen molar-refractivity contribution in [3.63, 3.8) is 0 Å². The van der Waals surface area contributed by atoms with Gasteiger partial charge in [0, 0.05) is 22.8 Å². The van der Waals surface area contributed by atoms with Crippen LogP contribution in [0.1, 0.15) is 16.7 Å². The second kappa shape index (κ2) is 7.26. The van der Waals surface area contributed by atoms with Gasteiger partial charge in [-0.1, -0.05) is 22.0 Å². The summed E-state index contributed by atoms with van der Waals surface area (Å²) in [6, 6.07) is 10.4. The van der Waals surface area contributed by atoms with E-state index in [1.165, 1.54) is 11.1 Å². The maximum atomic E-state index is 5.47. The minimum Gasteiger partial charge on any atom is -0.496 e. The van der Waals surface area contributed by atoms with Crippen molar-refractivity contribution in [3.8, 4) is 17.2 Å². The Morgan fingerprint density at radius 1 is 0.958 bits per heavy atom. The number of rotatable bonds is 5. The molecule has 1 atom stereocenters. The highest BCUT2D eigenvalue weighted by Gasteiger charge is 2.21. The van der Waals surface area contributed by atoms with Crippen LogP contribution in [0.2, 0.25) is 0 Å². The van der Waals surface area contributed by atoms with Gasteiger partial charge in [0.2, 0.25) is 0 Å². The Kier molecular flexibility index (Phi) is 5.09. The van der Waals surface area contributed by atoms with Gasteiger partial charge in [-0.2, -0.15) is 0 Å². The van der Waals surface area contributed by atoms with Gasteiger partial charge in [-0.25, -0.2) is 0 Å². The van der Waals surface area contributed by atoms with Crippen LogP contribution in [-0.4, -0.2) is 33.6 Å². The maximum absolute atomic E-state index is 5.47. The minimum absolute atomic E-state index is 0.241. The molecule has 3 rings (SSSR count). The fourth-order valence-corrected chi connectivity index (χ4v) is 3.42. The number of hydrogen-bond donors (Lipinski definition) is 0. The maximum Gasteiger partial charge on any atom is 0.135 e. The Labute approximate surface area is 150 Å². The van der Waals surface area contributed by atoms with E-state index < -0.39 is 0 Å². The Morgan fingerprint density at radius 2 is 1.62 bits per heavy atom. The SMILES string of the molecule is COc1cc(OC)c(C=NC2Cc3ccc(Br)cc3C2)c(OC)c1. The van der Waals surface area contributed by atoms with Crippen LogP contribution in [0.25, 0.3) is 0 Å². The Bertz CT molecular complexity index is 748. The molecular weight excluding hydrogens is 370 g/mol. The summed E-state index contributed by atoms with van der Waals surface area (Å²) in [5.74, 6) is 2.07. The van der Waals surface area contributed by atoms with E-state index in [-0.39, 0.29) is 6.04 Å². The number of nitrogens with zero attached hydrogens (tertiary/aromatic N) is 1. The molecular formula is C19H20BrNO3. The Morgan fingerprint density at radius 3 is 2.25 bits per heavy atom. The highest BCUT2D eigenvalue weighted by Crippen LogP contribution is 2.33. The number of hydrogen-bond acceptors (Lipinski definition) is 4. The number of fused-ring (bicyclic) bond motifs is 1. The summed E-state index contributed by atoms with van der Waals surface area (Å²) in [6.07, 6.45) is 3.76. The fourth-order valence-electron chi connectivity index (χ4n) is 3.01. The van der Waals surface area contributed by atoms with Crippen LogP contribution in [0.15, 0.2) is 39.8 Å². The molecule has 0 bridgehead atoms. The molecule has 0 saturated carbocycles. The fraction of sp³-hybridized carbons (Fsp3) is 0.316. The van der Waals surface area contributed by atoms with E-state index in [1.807, 2.05) is 18.3 Å². The molecule has 1 aliphatic rings. The summed E-state index contributed by atoms with van der Waals surface area (Å²) in [5.41, 5.74) is 3.56. The van der Waals surface area contributed by atoms with Crippen LogP contribution in [0.5, 0.6) is 17.2 Å². The van der Waals surface area contributed by atoms with Crippen molar-refractivity contribution in [2.45, 2.75) is 18.9 Å². The van der Waals surface area contributed by atoms with E-state index >= 15 is 0 Å². The third-order valence-corrected chi connectivity index (χ3v) is 4.74. The molecule has 0 spiro atoms. The van der Waals surface area contributed by atoms with Crippen molar-refractivity contribution in [1.82, 2.24) is 0 Å². The molecule has 0 amide bonds. The lowest BCUT2D eigenvalue weighted by molar-refractivity contribution is 0.374. The summed E-state index contributed by atoms with van der Waals surface area (Å²) in [4.78, 5) is 4.77. The summed E-state index contributed by atoms with van der Waals surface area (Å²) in [6.45, 7) is 0. The number of halogens is 1. The van der Waals surface area contributed by atoms with Crippen LogP contribution < -0.4 is 14.2 Å². The Balaban J connectivity index is 1.85. The highest BCUT2D eigenvalue weighted by atomic mass is 79.9. The topological polar surface area (TPSA) is 40.0 Å². The van der Waals surface area contributed by atoms with E-state index in [2.05, 4.69) is 34.1 Å². The molecule has 0 fully saturated rings. The number of aliphatic imine (C=N–C) groups is 1. The standard InChI is InChI=1S/C19H20BrNO3/c1-22-16-9-18(23-2)17(19(10-16)24-3)11-21-15-7-12-4-5-14(20)6-13(12)8-15/h4-6,9-11,15H,7-8H2,1-3H3. The van der Waals surface area contributed by atoms with Gasteiger partial charge in [0.25, 0.3) is 0 Å². The quantitative estimate of drug-likeness (QED) is 0.723. The van der Waals surface area contributed by atoms with Gasteiger partial charge in [-0.05, 0) is 36.1 Å². The molecule has 1 aliphatic carbocycles. The van der Waals surface area contributed by atoms with Crippen molar-refractivity contribution in [2.75, 3.05) is 21.3 Å². The van der Waals surface area contributed by atoms with E-state index in [1.54, 1.807) is 21.3 Å². The summed E-state index contributed by atoms with van der Waals surface area (Å²) in [7, 11) is 4.89. The zero-order valence-corrected chi connectivity index (χ0v) is 15.6. The molecule has 4 nitrogen and oxygen atoms in total. The number of ether oxygens (including phenoxy) is 3. The van der Waals surface area contributed by atoms with Crippen LogP contribution in [0.4, 0.5) is 0 Å². The lowest BCUT2D eigenvalue weighted by Gasteiger charge is -2.12. The largest absolute Gasteiger partial charge is 0.496 e. The summed E-state index contributed by atoms with van der Waals surface area (Å²) < 4.78 is 17.3. The van der Waals surface area contributed by atoms with Crippen molar-refractivity contribution in [3.05, 3.63) is 51.5 Å². The molecule has 2 aromatic carbocycles. The monoisotopic (exact) mass is 389 g/mol. The predicted molar refractivity (Wildman–Crippen MR) is 99.0 cm³/mol. The van der Waals surface area contributed by atoms with Gasteiger partial charge in [0.05, 0.1) is 32.9 Å². The molecule has 0 radical (unpaired) electrons. The molecule has 24 heavy (non-hydrogen) atoms. The van der Waals surface area contributed by atoms with E-state index in [0.717, 1.165) is 22.9 Å². The van der Waals surface area contributed by atoms with E-state index in [0.29, 0.717) is 17.2 Å². The molecule has 126 valence electrons. The van der Waals surface area contributed by atoms with Crippen LogP contribution in [0, 0.1) is 0 Å². The van der Waals surface area contributed by atoms with Crippen molar-refractivity contribution < 1.29 is 14.2 Å². The van der Waals surface area contributed by atoms with Gasteiger partial charge in [0.15, 0.2) is 0 Å². The van der Waals surface area contributed by atoms with Gasteiger partial charge < -0.3 is 14.2 Å². The van der Waals surface area contributed by atoms with Crippen molar-refractivity contribution >= 4 is 22.1 Å². The van der Waals surface area contributed by atoms with Gasteiger partial charge >= 0.3 is 0 Å². The average molecular weight is 390 g/mol. The second-order valence-corrected chi connectivity index (χ2v) is 6.61. The van der Waals surface area contributed by atoms with Crippen LogP contribution >= 0.6 is 15.9 Å². The first-order valence-corrected chi connectivity index (χ1v) is 8.54. The second-order valence-electron chi connectivity index (χ2n) is 5.70. The average Bonchev–Trinajstić information content (AvgIpc) is 3.00. The van der Waals surface area contributed by atoms with E-state index in [4.69, 9.17) is 19.2 Å². The molecule has 0 aliphatic heterocycles. The zero-order chi connectivity index (χ0) is 17.1. The number of methoxy groups -OCH3 is 3. The minimum atomic E-state index is 0.241. The van der Waals surface area contributed by atoms with Gasteiger partial charge in [-0.15, -0.1) is 0 Å². The van der Waals surface area contributed by atoms with E-state index in [9.17, 15) is 0 Å². The molecule has 0 aromatic heterocycles. The third-order valence-electron chi connectivity index (χ3n) is 4.25. The predicted octanol–water partition coefficient (Wildman–Crippen LogP) is 4.06. The first-order valence-electron chi connectivity index (χ1n) is 7.75. The lowest BCUT2D eigenvalue weighted by Crippen LogP contribution is -2.05. The summed E-state index contributed by atoms with van der Waals surface area (Å²) in [5, 5.41) is 0. The zero-order valence-electron chi connectivity index (χ0n) is 14.0. The van der Waals surface area contributed by atoms with Gasteiger partial charge in [-0.3, -0.25) is 4.99 Å². The van der Waals surface area contributed by atoms with Crippen molar-refractivity contribution in [1.29, 1.82) is 0 Å². The van der Waals surface area contributed by atoms with Crippen LogP contribution in [0.3, 0.4) is 0 Å². The summed E-state index contributed by atoms with van der Waals surface area (Å²) >= 11 is 3.53. The van der Waals surface area contributed by atoms with Crippen molar-refractivity contribution in [2.24, 2.45) is 4.99 Å². The van der Waals surface area contributed by atoms with Crippen LogP contribution in [-0.2, 0) is 12.8 Å². The third kappa shape index (κ3) is 3.41. The smallest absolute Gasteiger partial charge is 0.135 e. The molecule has 1 unspecified atom stereocenters. The molecule has 0 N–H and O–H groups in total. The molecule has 0 heterocycles. The lowest BCUT2D eigenvalue weighted by atomic mass is 10.1. The Hall–Kier alpha value is -2.01. The highest BCUT2D eigenvalue weighted by molar-refractivity contribution is 9.10. The van der Waals surface area contributed by atoms with Gasteiger partial charge in [0.1, 0.15) is 17.2 Å². The number of benzene rings is 2. The molecule has 5 heteroatoms. The first-order chi connectivity index (χ1) is 11.6. The molecule has 2 aromatic rings. The normalized spacial score (nSPS) is 16.2. The first kappa shape index (κ1) is 16.8. The molecule has 0 saturated heterocycles.